The second kappa shape index (κ2) is 9.15. The van der Waals surface area contributed by atoms with Crippen LogP contribution in [-0.4, -0.2) is 33.5 Å². The molecule has 3 heterocycles. The number of nitrogens with zero attached hydrogens (tertiary/aromatic N) is 4. The van der Waals surface area contributed by atoms with Gasteiger partial charge in [0.1, 0.15) is 16.1 Å². The fraction of sp³-hybridized carbons (Fsp3) is 0.370. The standard InChI is InChI=1S/C27H30BrN5OS/c1-16(21-10-11-22(35-21)19-9-7-6-8-18(19)14-32(4)5)29-25-20-15-33(27(3)12-13-27)26(34)23(28)24(20)30-17(2)31-25/h6-11,15-16H,12-14H2,1-5H3,(H,29,30,31). The molecule has 0 bridgehead atoms. The fourth-order valence-corrected chi connectivity index (χ4v) is 6.01. The maximum Gasteiger partial charge on any atom is 0.267 e. The topological polar surface area (TPSA) is 63.1 Å². The van der Waals surface area contributed by atoms with E-state index in [9.17, 15) is 4.79 Å². The molecule has 1 unspecified atom stereocenters. The summed E-state index contributed by atoms with van der Waals surface area (Å²) in [4.78, 5) is 27.0. The van der Waals surface area contributed by atoms with Crippen molar-refractivity contribution in [1.82, 2.24) is 19.4 Å². The van der Waals surface area contributed by atoms with Crippen molar-refractivity contribution in [2.45, 2.75) is 51.7 Å². The van der Waals surface area contributed by atoms with Crippen LogP contribution in [-0.2, 0) is 12.1 Å². The van der Waals surface area contributed by atoms with Crippen LogP contribution in [0.25, 0.3) is 21.3 Å². The molecule has 0 aliphatic heterocycles. The van der Waals surface area contributed by atoms with E-state index in [4.69, 9.17) is 4.98 Å². The molecule has 4 aromatic rings. The Morgan fingerprint density at radius 2 is 1.94 bits per heavy atom. The molecule has 1 aliphatic carbocycles. The summed E-state index contributed by atoms with van der Waals surface area (Å²) in [6.07, 6.45) is 3.94. The average molecular weight is 553 g/mol. The minimum absolute atomic E-state index is 0.0334. The number of nitrogens with one attached hydrogen (secondary N) is 1. The summed E-state index contributed by atoms with van der Waals surface area (Å²) < 4.78 is 2.35. The number of rotatable bonds is 7. The molecule has 6 nitrogen and oxygen atoms in total. The molecule has 1 aliphatic rings. The molecule has 35 heavy (non-hydrogen) atoms. The van der Waals surface area contributed by atoms with Crippen molar-refractivity contribution in [2.75, 3.05) is 19.4 Å². The van der Waals surface area contributed by atoms with Crippen LogP contribution in [0.1, 0.15) is 49.0 Å². The number of aromatic nitrogens is 3. The minimum Gasteiger partial charge on any atom is -0.362 e. The van der Waals surface area contributed by atoms with E-state index in [-0.39, 0.29) is 17.1 Å². The third kappa shape index (κ3) is 4.67. The highest BCUT2D eigenvalue weighted by Crippen LogP contribution is 2.43. The summed E-state index contributed by atoms with van der Waals surface area (Å²) in [5.74, 6) is 1.38. The average Bonchev–Trinajstić information content (AvgIpc) is 3.36. The molecule has 1 saturated carbocycles. The van der Waals surface area contributed by atoms with E-state index in [1.807, 2.05) is 17.7 Å². The normalized spacial score (nSPS) is 15.5. The van der Waals surface area contributed by atoms with Gasteiger partial charge in [0.15, 0.2) is 0 Å². The van der Waals surface area contributed by atoms with Gasteiger partial charge < -0.3 is 14.8 Å². The number of halogens is 1. The van der Waals surface area contributed by atoms with Crippen LogP contribution in [0.4, 0.5) is 5.82 Å². The van der Waals surface area contributed by atoms with Crippen molar-refractivity contribution in [2.24, 2.45) is 0 Å². The first kappa shape index (κ1) is 24.2. The fourth-order valence-electron chi connectivity index (χ4n) is 4.44. The highest BCUT2D eigenvalue weighted by molar-refractivity contribution is 9.10. The molecule has 182 valence electrons. The van der Waals surface area contributed by atoms with Crippen molar-refractivity contribution in [3.05, 3.63) is 73.7 Å². The molecule has 1 N–H and O–H groups in total. The second-order valence-corrected chi connectivity index (χ2v) is 11.9. The Balaban J connectivity index is 1.50. The lowest BCUT2D eigenvalue weighted by atomic mass is 10.1. The summed E-state index contributed by atoms with van der Waals surface area (Å²) >= 11 is 5.33. The number of fused-ring (bicyclic) bond motifs is 1. The highest BCUT2D eigenvalue weighted by Gasteiger charge is 2.40. The Morgan fingerprint density at radius 1 is 1.20 bits per heavy atom. The number of hydrogen-bond donors (Lipinski definition) is 1. The van der Waals surface area contributed by atoms with Gasteiger partial charge in [-0.15, -0.1) is 11.3 Å². The largest absolute Gasteiger partial charge is 0.362 e. The maximum absolute atomic E-state index is 13.0. The first-order valence-corrected chi connectivity index (χ1v) is 13.5. The van der Waals surface area contributed by atoms with Crippen LogP contribution in [0.15, 0.2) is 51.9 Å². The third-order valence-electron chi connectivity index (χ3n) is 6.66. The minimum atomic E-state index is -0.121. The molecule has 0 amide bonds. The van der Waals surface area contributed by atoms with E-state index in [0.717, 1.165) is 30.6 Å². The molecular weight excluding hydrogens is 522 g/mol. The van der Waals surface area contributed by atoms with Gasteiger partial charge in [0.2, 0.25) is 0 Å². The highest BCUT2D eigenvalue weighted by atomic mass is 79.9. The summed E-state index contributed by atoms with van der Waals surface area (Å²) in [7, 11) is 4.19. The van der Waals surface area contributed by atoms with Crippen LogP contribution in [0.5, 0.6) is 0 Å². The van der Waals surface area contributed by atoms with Gasteiger partial charge in [-0.05, 0) is 86.9 Å². The predicted octanol–water partition coefficient (Wildman–Crippen LogP) is 6.33. The Kier molecular flexibility index (Phi) is 6.32. The summed E-state index contributed by atoms with van der Waals surface area (Å²) in [6.45, 7) is 7.04. The second-order valence-electron chi connectivity index (χ2n) is 9.96. The van der Waals surface area contributed by atoms with Gasteiger partial charge in [0.05, 0.1) is 16.9 Å². The predicted molar refractivity (Wildman–Crippen MR) is 148 cm³/mol. The Morgan fingerprint density at radius 3 is 2.66 bits per heavy atom. The lowest BCUT2D eigenvalue weighted by molar-refractivity contribution is 0.403. The van der Waals surface area contributed by atoms with Crippen molar-refractivity contribution in [3.8, 4) is 10.4 Å². The molecule has 3 aromatic heterocycles. The number of benzene rings is 1. The van der Waals surface area contributed by atoms with E-state index in [1.54, 1.807) is 11.3 Å². The number of hydrogen-bond acceptors (Lipinski definition) is 6. The van der Waals surface area contributed by atoms with Crippen LogP contribution < -0.4 is 10.9 Å². The smallest absolute Gasteiger partial charge is 0.267 e. The third-order valence-corrected chi connectivity index (χ3v) is 8.68. The lowest BCUT2D eigenvalue weighted by Crippen LogP contribution is -2.28. The molecule has 5 rings (SSSR count). The summed E-state index contributed by atoms with van der Waals surface area (Å²) in [5, 5.41) is 4.47. The van der Waals surface area contributed by atoms with Crippen molar-refractivity contribution in [3.63, 3.8) is 0 Å². The van der Waals surface area contributed by atoms with E-state index in [2.05, 4.69) is 95.5 Å². The van der Waals surface area contributed by atoms with E-state index >= 15 is 0 Å². The molecule has 8 heteroatoms. The Bertz CT molecular complexity index is 1470. The van der Waals surface area contributed by atoms with Gasteiger partial charge in [-0.25, -0.2) is 9.97 Å². The van der Waals surface area contributed by atoms with Gasteiger partial charge in [0.25, 0.3) is 5.56 Å². The van der Waals surface area contributed by atoms with E-state index in [0.29, 0.717) is 15.8 Å². The Hall–Kier alpha value is -2.55. The van der Waals surface area contributed by atoms with Crippen LogP contribution in [0.2, 0.25) is 0 Å². The van der Waals surface area contributed by atoms with E-state index < -0.39 is 0 Å². The number of aryl methyl sites for hydroxylation is 1. The van der Waals surface area contributed by atoms with Crippen molar-refractivity contribution in [1.29, 1.82) is 0 Å². The zero-order valence-corrected chi connectivity index (χ0v) is 23.1. The SMILES string of the molecule is Cc1nc(NC(C)c2ccc(-c3ccccc3CN(C)C)s2)c2cn(C3(C)CC3)c(=O)c(Br)c2n1. The summed E-state index contributed by atoms with van der Waals surface area (Å²) in [5.41, 5.74) is 3.10. The Labute approximate surface area is 218 Å². The van der Waals surface area contributed by atoms with Crippen LogP contribution in [0.3, 0.4) is 0 Å². The zero-order valence-electron chi connectivity index (χ0n) is 20.7. The monoisotopic (exact) mass is 551 g/mol. The maximum atomic E-state index is 13.0. The molecular formula is C27H30BrN5OS. The number of thiophene rings is 1. The van der Waals surface area contributed by atoms with E-state index in [1.165, 1.54) is 20.9 Å². The molecule has 0 spiro atoms. The molecule has 1 atom stereocenters. The first-order valence-electron chi connectivity index (χ1n) is 11.9. The number of pyridine rings is 1. The molecule has 0 radical (unpaired) electrons. The van der Waals surface area contributed by atoms with Crippen LogP contribution >= 0.6 is 27.3 Å². The molecule has 1 fully saturated rings. The number of anilines is 1. The van der Waals surface area contributed by atoms with Gasteiger partial charge in [0, 0.05) is 28.0 Å². The van der Waals surface area contributed by atoms with Crippen LogP contribution in [0, 0.1) is 6.92 Å². The first-order chi connectivity index (χ1) is 16.7. The summed E-state index contributed by atoms with van der Waals surface area (Å²) in [6, 6.07) is 13.0. The van der Waals surface area contributed by atoms with Gasteiger partial charge in [-0.1, -0.05) is 24.3 Å². The zero-order chi connectivity index (χ0) is 24.9. The van der Waals surface area contributed by atoms with Gasteiger partial charge in [-0.2, -0.15) is 0 Å². The quantitative estimate of drug-likeness (QED) is 0.290. The van der Waals surface area contributed by atoms with Gasteiger partial charge >= 0.3 is 0 Å². The van der Waals surface area contributed by atoms with Gasteiger partial charge in [-0.3, -0.25) is 4.79 Å². The lowest BCUT2D eigenvalue weighted by Gasteiger charge is -2.19. The molecule has 1 aromatic carbocycles. The van der Waals surface area contributed by atoms with Crippen molar-refractivity contribution < 1.29 is 0 Å². The molecule has 0 saturated heterocycles. The van der Waals surface area contributed by atoms with Crippen molar-refractivity contribution >= 4 is 44.0 Å².